The van der Waals surface area contributed by atoms with Gasteiger partial charge >= 0.3 is 0 Å². The van der Waals surface area contributed by atoms with Crippen LogP contribution < -0.4 is 10.1 Å². The van der Waals surface area contributed by atoms with Crippen LogP contribution in [0.3, 0.4) is 0 Å². The van der Waals surface area contributed by atoms with Crippen molar-refractivity contribution in [2.24, 2.45) is 0 Å². The summed E-state index contributed by atoms with van der Waals surface area (Å²) in [4.78, 5) is 13.1. The Morgan fingerprint density at radius 3 is 2.50 bits per heavy atom. The van der Waals surface area contributed by atoms with Gasteiger partial charge in [-0.15, -0.1) is 0 Å². The lowest BCUT2D eigenvalue weighted by atomic mass is 10.1. The highest BCUT2D eigenvalue weighted by Gasteiger charge is 1.98. The van der Waals surface area contributed by atoms with Gasteiger partial charge in [0.1, 0.15) is 11.5 Å². The first-order valence-electron chi connectivity index (χ1n) is 8.14. The van der Waals surface area contributed by atoms with Crippen molar-refractivity contribution in [3.8, 4) is 5.75 Å². The molecule has 0 aliphatic rings. The second kappa shape index (κ2) is 11.2. The molecule has 0 aliphatic carbocycles. The van der Waals surface area contributed by atoms with Crippen molar-refractivity contribution in [1.82, 2.24) is 10.2 Å². The number of Topliss-reactive ketones (excluding diaryl/α,β-unsaturated/α-hetero) is 1. The van der Waals surface area contributed by atoms with Gasteiger partial charge in [-0.25, -0.2) is 0 Å². The van der Waals surface area contributed by atoms with Gasteiger partial charge in [-0.1, -0.05) is 12.1 Å². The normalized spacial score (nSPS) is 10.9. The summed E-state index contributed by atoms with van der Waals surface area (Å²) in [5.41, 5.74) is 1.19. The van der Waals surface area contributed by atoms with Gasteiger partial charge in [0, 0.05) is 19.5 Å². The number of benzene rings is 1. The molecule has 0 aromatic heterocycles. The summed E-state index contributed by atoms with van der Waals surface area (Å²) >= 11 is 0. The van der Waals surface area contributed by atoms with Gasteiger partial charge in [-0.2, -0.15) is 0 Å². The van der Waals surface area contributed by atoms with E-state index in [0.717, 1.165) is 51.3 Å². The number of hydrogen-bond acceptors (Lipinski definition) is 4. The molecule has 0 fully saturated rings. The van der Waals surface area contributed by atoms with Gasteiger partial charge in [0.15, 0.2) is 0 Å². The highest BCUT2D eigenvalue weighted by molar-refractivity contribution is 5.75. The number of nitrogens with zero attached hydrogens (tertiary/aromatic N) is 1. The molecular weight excluding hydrogens is 276 g/mol. The van der Waals surface area contributed by atoms with Crippen LogP contribution in [-0.2, 0) is 11.2 Å². The predicted octanol–water partition coefficient (Wildman–Crippen LogP) is 2.52. The van der Waals surface area contributed by atoms with E-state index in [1.807, 2.05) is 24.3 Å². The maximum absolute atomic E-state index is 11.0. The summed E-state index contributed by atoms with van der Waals surface area (Å²) in [6, 6.07) is 8.07. The van der Waals surface area contributed by atoms with E-state index in [2.05, 4.69) is 24.3 Å². The lowest BCUT2D eigenvalue weighted by Gasteiger charge is -2.10. The predicted molar refractivity (Wildman–Crippen MR) is 91.6 cm³/mol. The summed E-state index contributed by atoms with van der Waals surface area (Å²) in [6.07, 6.45) is 3.61. The topological polar surface area (TPSA) is 41.6 Å². The summed E-state index contributed by atoms with van der Waals surface area (Å²) in [6.45, 7) is 5.54. The molecular formula is C18H30N2O2. The highest BCUT2D eigenvalue weighted by Crippen LogP contribution is 2.13. The Balaban J connectivity index is 2.06. The molecule has 22 heavy (non-hydrogen) atoms. The lowest BCUT2D eigenvalue weighted by molar-refractivity contribution is -0.116. The van der Waals surface area contributed by atoms with Gasteiger partial charge in [0.25, 0.3) is 0 Å². The van der Waals surface area contributed by atoms with Crippen LogP contribution in [0.4, 0.5) is 0 Å². The molecule has 1 aromatic carbocycles. The van der Waals surface area contributed by atoms with Gasteiger partial charge < -0.3 is 19.7 Å². The van der Waals surface area contributed by atoms with Crippen LogP contribution in [0.25, 0.3) is 0 Å². The van der Waals surface area contributed by atoms with Crippen LogP contribution in [0.2, 0.25) is 0 Å². The third-order valence-electron chi connectivity index (χ3n) is 3.44. The molecule has 0 heterocycles. The molecule has 0 amide bonds. The molecule has 0 aliphatic heterocycles. The Morgan fingerprint density at radius 1 is 1.14 bits per heavy atom. The number of carbonyl (C=O) groups is 1. The molecule has 0 saturated heterocycles. The molecule has 0 atom stereocenters. The largest absolute Gasteiger partial charge is 0.494 e. The minimum absolute atomic E-state index is 0.236. The number of aryl methyl sites for hydroxylation is 1. The third kappa shape index (κ3) is 9.53. The molecule has 1 N–H and O–H groups in total. The average Bonchev–Trinajstić information content (AvgIpc) is 2.48. The van der Waals surface area contributed by atoms with E-state index in [1.165, 1.54) is 5.56 Å². The van der Waals surface area contributed by atoms with Crippen molar-refractivity contribution < 1.29 is 9.53 Å². The molecule has 4 heteroatoms. The zero-order valence-corrected chi connectivity index (χ0v) is 14.2. The molecule has 0 radical (unpaired) electrons. The minimum Gasteiger partial charge on any atom is -0.494 e. The maximum Gasteiger partial charge on any atom is 0.130 e. The third-order valence-corrected chi connectivity index (χ3v) is 3.44. The average molecular weight is 306 g/mol. The molecule has 1 aromatic rings. The Kier molecular flexibility index (Phi) is 9.51. The molecule has 0 spiro atoms. The second-order valence-electron chi connectivity index (χ2n) is 5.95. The number of hydrogen-bond donors (Lipinski definition) is 1. The fraction of sp³-hybridized carbons (Fsp3) is 0.611. The first-order chi connectivity index (χ1) is 10.6. The van der Waals surface area contributed by atoms with Crippen molar-refractivity contribution in [3.63, 3.8) is 0 Å². The van der Waals surface area contributed by atoms with E-state index >= 15 is 0 Å². The standard InChI is InChI=1S/C18H30N2O2/c1-16(21)6-7-17-8-10-18(11-9-17)22-15-5-4-12-19-13-14-20(2)3/h8-11,19H,4-7,12-15H2,1-3H3. The molecule has 4 nitrogen and oxygen atoms in total. The van der Waals surface area contributed by atoms with Gasteiger partial charge in [0.05, 0.1) is 6.61 Å². The summed E-state index contributed by atoms with van der Waals surface area (Å²) < 4.78 is 5.73. The molecule has 0 unspecified atom stereocenters. The second-order valence-corrected chi connectivity index (χ2v) is 5.95. The molecule has 1 rings (SSSR count). The minimum atomic E-state index is 0.236. The summed E-state index contributed by atoms with van der Waals surface area (Å²) in [5, 5.41) is 3.42. The number of ketones is 1. The van der Waals surface area contributed by atoms with Crippen molar-refractivity contribution in [3.05, 3.63) is 29.8 Å². The van der Waals surface area contributed by atoms with Gasteiger partial charge in [-0.05, 0) is 64.5 Å². The fourth-order valence-electron chi connectivity index (χ4n) is 2.04. The Bertz CT molecular complexity index is 416. The van der Waals surface area contributed by atoms with Crippen LogP contribution in [0.5, 0.6) is 5.75 Å². The molecule has 124 valence electrons. The first-order valence-corrected chi connectivity index (χ1v) is 8.14. The van der Waals surface area contributed by atoms with E-state index < -0.39 is 0 Å². The SMILES string of the molecule is CC(=O)CCc1ccc(OCCCCNCCN(C)C)cc1. The van der Waals surface area contributed by atoms with Crippen LogP contribution in [0.15, 0.2) is 24.3 Å². The number of ether oxygens (including phenoxy) is 1. The zero-order valence-electron chi connectivity index (χ0n) is 14.2. The smallest absolute Gasteiger partial charge is 0.130 e. The summed E-state index contributed by atoms with van der Waals surface area (Å²) in [7, 11) is 4.17. The number of likely N-dealkylation sites (N-methyl/N-ethyl adjacent to an activating group) is 1. The van der Waals surface area contributed by atoms with Crippen molar-refractivity contribution in [2.75, 3.05) is 40.3 Å². The quantitative estimate of drug-likeness (QED) is 0.603. The summed E-state index contributed by atoms with van der Waals surface area (Å²) in [5.74, 6) is 1.15. The van der Waals surface area contributed by atoms with Crippen LogP contribution in [0, 0.1) is 0 Å². The van der Waals surface area contributed by atoms with Crippen LogP contribution in [0.1, 0.15) is 31.7 Å². The van der Waals surface area contributed by atoms with Gasteiger partial charge in [-0.3, -0.25) is 0 Å². The van der Waals surface area contributed by atoms with E-state index in [1.54, 1.807) is 6.92 Å². The zero-order chi connectivity index (χ0) is 16.2. The van der Waals surface area contributed by atoms with Crippen molar-refractivity contribution >= 4 is 5.78 Å². The van der Waals surface area contributed by atoms with E-state index in [4.69, 9.17) is 4.74 Å². The number of carbonyl (C=O) groups excluding carboxylic acids is 1. The number of nitrogens with one attached hydrogen (secondary N) is 1. The van der Waals surface area contributed by atoms with Crippen molar-refractivity contribution in [1.29, 1.82) is 0 Å². The first kappa shape index (κ1) is 18.7. The Labute approximate surface area is 134 Å². The van der Waals surface area contributed by atoms with E-state index in [0.29, 0.717) is 6.42 Å². The fourth-order valence-corrected chi connectivity index (χ4v) is 2.04. The molecule has 0 bridgehead atoms. The van der Waals surface area contributed by atoms with Gasteiger partial charge in [0.2, 0.25) is 0 Å². The Morgan fingerprint density at radius 2 is 1.86 bits per heavy atom. The monoisotopic (exact) mass is 306 g/mol. The van der Waals surface area contributed by atoms with E-state index in [9.17, 15) is 4.79 Å². The van der Waals surface area contributed by atoms with Crippen molar-refractivity contribution in [2.45, 2.75) is 32.6 Å². The van der Waals surface area contributed by atoms with Crippen LogP contribution in [-0.4, -0.2) is 51.0 Å². The lowest BCUT2D eigenvalue weighted by Crippen LogP contribution is -2.27. The molecule has 0 saturated carbocycles. The highest BCUT2D eigenvalue weighted by atomic mass is 16.5. The number of rotatable bonds is 12. The number of unbranched alkanes of at least 4 members (excludes halogenated alkanes) is 1. The Hall–Kier alpha value is -1.39. The maximum atomic E-state index is 11.0. The van der Waals surface area contributed by atoms with Crippen LogP contribution >= 0.6 is 0 Å². The van der Waals surface area contributed by atoms with E-state index in [-0.39, 0.29) is 5.78 Å².